The van der Waals surface area contributed by atoms with E-state index in [-0.39, 0.29) is 11.8 Å². The predicted molar refractivity (Wildman–Crippen MR) is 95.9 cm³/mol. The average Bonchev–Trinajstić information content (AvgIpc) is 3.01. The number of aryl methyl sites for hydroxylation is 3. The van der Waals surface area contributed by atoms with E-state index >= 15 is 0 Å². The Morgan fingerprint density at radius 3 is 2.85 bits per heavy atom. The molecular weight excluding hydrogens is 330 g/mol. The molecule has 1 aliphatic heterocycles. The van der Waals surface area contributed by atoms with E-state index < -0.39 is 0 Å². The van der Waals surface area contributed by atoms with Crippen molar-refractivity contribution in [1.82, 2.24) is 25.0 Å². The van der Waals surface area contributed by atoms with Gasteiger partial charge in [0.1, 0.15) is 0 Å². The molecule has 7 nitrogen and oxygen atoms in total. The van der Waals surface area contributed by atoms with E-state index in [4.69, 9.17) is 4.52 Å². The second-order valence-electron chi connectivity index (χ2n) is 6.93. The highest BCUT2D eigenvalue weighted by Gasteiger charge is 2.28. The van der Waals surface area contributed by atoms with Gasteiger partial charge in [-0.15, -0.1) is 0 Å². The molecule has 1 aliphatic rings. The van der Waals surface area contributed by atoms with E-state index in [1.165, 1.54) is 0 Å². The number of carbonyl (C=O) groups excluding carboxylic acids is 1. The molecule has 0 aliphatic carbocycles. The van der Waals surface area contributed by atoms with Gasteiger partial charge in [-0.05, 0) is 39.7 Å². The summed E-state index contributed by atoms with van der Waals surface area (Å²) in [5.41, 5.74) is 4.33. The van der Waals surface area contributed by atoms with Gasteiger partial charge in [0.15, 0.2) is 0 Å². The zero-order chi connectivity index (χ0) is 18.3. The first-order chi connectivity index (χ1) is 12.5. The van der Waals surface area contributed by atoms with E-state index in [9.17, 15) is 4.79 Å². The number of aromatic nitrogens is 4. The number of piperidine rings is 1. The van der Waals surface area contributed by atoms with Crippen molar-refractivity contribution in [2.75, 3.05) is 13.1 Å². The summed E-state index contributed by atoms with van der Waals surface area (Å²) < 4.78 is 5.26. The van der Waals surface area contributed by atoms with Crippen molar-refractivity contribution in [3.05, 3.63) is 46.8 Å². The van der Waals surface area contributed by atoms with Crippen LogP contribution in [0, 0.1) is 20.8 Å². The minimum atomic E-state index is -0.00267. The number of fused-ring (bicyclic) bond motifs is 1. The number of carbonyl (C=O) groups is 1. The summed E-state index contributed by atoms with van der Waals surface area (Å²) >= 11 is 0. The molecule has 0 radical (unpaired) electrons. The Labute approximate surface area is 151 Å². The summed E-state index contributed by atoms with van der Waals surface area (Å²) in [6, 6.07) is 1.82. The van der Waals surface area contributed by atoms with E-state index in [0.29, 0.717) is 28.9 Å². The summed E-state index contributed by atoms with van der Waals surface area (Å²) in [5, 5.41) is 4.68. The molecule has 134 valence electrons. The van der Waals surface area contributed by atoms with Gasteiger partial charge >= 0.3 is 0 Å². The number of amides is 1. The van der Waals surface area contributed by atoms with Crippen LogP contribution < -0.4 is 0 Å². The second-order valence-corrected chi connectivity index (χ2v) is 6.93. The van der Waals surface area contributed by atoms with Crippen LogP contribution in [0.25, 0.3) is 11.1 Å². The van der Waals surface area contributed by atoms with Gasteiger partial charge in [0.05, 0.1) is 28.0 Å². The Hall–Kier alpha value is -2.83. The molecule has 26 heavy (non-hydrogen) atoms. The van der Waals surface area contributed by atoms with E-state index in [1.54, 1.807) is 6.20 Å². The lowest BCUT2D eigenvalue weighted by Gasteiger charge is -2.32. The monoisotopic (exact) mass is 351 g/mol. The first-order valence-corrected chi connectivity index (χ1v) is 8.84. The fraction of sp³-hybridized carbons (Fsp3) is 0.421. The lowest BCUT2D eigenvalue weighted by Crippen LogP contribution is -2.39. The van der Waals surface area contributed by atoms with Crippen molar-refractivity contribution in [2.45, 2.75) is 39.5 Å². The highest BCUT2D eigenvalue weighted by Crippen LogP contribution is 2.29. The molecule has 7 heteroatoms. The Kier molecular flexibility index (Phi) is 4.14. The van der Waals surface area contributed by atoms with E-state index in [2.05, 4.69) is 20.1 Å². The molecule has 0 bridgehead atoms. The Morgan fingerprint density at radius 2 is 2.04 bits per heavy atom. The minimum absolute atomic E-state index is 0.00267. The SMILES string of the molecule is Cc1cncc([C@H]2CCCN(C(=O)c3cc(C)nc4onc(C)c34)C2)n1. The van der Waals surface area contributed by atoms with Crippen LogP contribution in [-0.2, 0) is 0 Å². The molecule has 4 rings (SSSR count). The number of pyridine rings is 1. The van der Waals surface area contributed by atoms with Crippen LogP contribution in [0.1, 0.15) is 51.9 Å². The molecule has 3 aromatic rings. The number of nitrogens with zero attached hydrogens (tertiary/aromatic N) is 5. The van der Waals surface area contributed by atoms with Crippen molar-refractivity contribution in [1.29, 1.82) is 0 Å². The fourth-order valence-electron chi connectivity index (χ4n) is 3.64. The summed E-state index contributed by atoms with van der Waals surface area (Å²) in [6.07, 6.45) is 5.52. The van der Waals surface area contributed by atoms with Crippen molar-refractivity contribution >= 4 is 17.0 Å². The van der Waals surface area contributed by atoms with Gasteiger partial charge in [0.2, 0.25) is 0 Å². The lowest BCUT2D eigenvalue weighted by atomic mass is 9.94. The molecular formula is C19H21N5O2. The molecule has 0 spiro atoms. The summed E-state index contributed by atoms with van der Waals surface area (Å²) in [4.78, 5) is 28.3. The molecule has 3 aromatic heterocycles. The molecule has 0 saturated carbocycles. The zero-order valence-electron chi connectivity index (χ0n) is 15.2. The van der Waals surface area contributed by atoms with E-state index in [0.717, 1.165) is 36.5 Å². The maximum Gasteiger partial charge on any atom is 0.258 e. The first kappa shape index (κ1) is 16.6. The summed E-state index contributed by atoms with van der Waals surface area (Å²) in [5.74, 6) is 0.208. The zero-order valence-corrected chi connectivity index (χ0v) is 15.2. The topological polar surface area (TPSA) is 85.0 Å². The standard InChI is InChI=1S/C19H21N5O2/c1-11-7-15(17-13(3)23-26-18(17)22-11)19(25)24-6-4-5-14(10-24)16-9-20-8-12(2)21-16/h7-9,14H,4-6,10H2,1-3H3/t14-/m0/s1. The van der Waals surface area contributed by atoms with Gasteiger partial charge in [0.25, 0.3) is 11.6 Å². The molecule has 1 fully saturated rings. The highest BCUT2D eigenvalue weighted by molar-refractivity contribution is 6.06. The van der Waals surface area contributed by atoms with Crippen LogP contribution >= 0.6 is 0 Å². The fourth-order valence-corrected chi connectivity index (χ4v) is 3.64. The number of rotatable bonds is 2. The Balaban J connectivity index is 1.65. The number of hydrogen-bond acceptors (Lipinski definition) is 6. The molecule has 0 aromatic carbocycles. The largest absolute Gasteiger partial charge is 0.338 e. The molecule has 0 N–H and O–H groups in total. The second kappa shape index (κ2) is 6.48. The van der Waals surface area contributed by atoms with Crippen molar-refractivity contribution in [3.63, 3.8) is 0 Å². The summed E-state index contributed by atoms with van der Waals surface area (Å²) in [7, 11) is 0. The van der Waals surface area contributed by atoms with Crippen LogP contribution in [0.15, 0.2) is 23.0 Å². The van der Waals surface area contributed by atoms with Crippen LogP contribution in [0.4, 0.5) is 0 Å². The van der Waals surface area contributed by atoms with Gasteiger partial charge in [-0.2, -0.15) is 0 Å². The third kappa shape index (κ3) is 2.94. The van der Waals surface area contributed by atoms with Crippen LogP contribution in [-0.4, -0.2) is 44.0 Å². The molecule has 0 unspecified atom stereocenters. The van der Waals surface area contributed by atoms with Crippen molar-refractivity contribution in [3.8, 4) is 0 Å². The van der Waals surface area contributed by atoms with Crippen molar-refractivity contribution in [2.24, 2.45) is 0 Å². The summed E-state index contributed by atoms with van der Waals surface area (Å²) in [6.45, 7) is 7.01. The average molecular weight is 351 g/mol. The Bertz CT molecular complexity index is 981. The predicted octanol–water partition coefficient (Wildman–Crippen LogP) is 2.96. The molecule has 4 heterocycles. The number of likely N-dealkylation sites (tertiary alicyclic amines) is 1. The molecule has 1 atom stereocenters. The molecule has 1 saturated heterocycles. The first-order valence-electron chi connectivity index (χ1n) is 8.84. The third-order valence-corrected chi connectivity index (χ3v) is 4.88. The van der Waals surface area contributed by atoms with Crippen LogP contribution in [0.2, 0.25) is 0 Å². The minimum Gasteiger partial charge on any atom is -0.338 e. The highest BCUT2D eigenvalue weighted by atomic mass is 16.5. The number of hydrogen-bond donors (Lipinski definition) is 0. The van der Waals surface area contributed by atoms with Crippen LogP contribution in [0.5, 0.6) is 0 Å². The maximum atomic E-state index is 13.3. The van der Waals surface area contributed by atoms with Gasteiger partial charge in [0, 0.05) is 37.1 Å². The quantitative estimate of drug-likeness (QED) is 0.706. The van der Waals surface area contributed by atoms with Gasteiger partial charge in [-0.1, -0.05) is 5.16 Å². The van der Waals surface area contributed by atoms with Gasteiger partial charge in [-0.25, -0.2) is 4.98 Å². The lowest BCUT2D eigenvalue weighted by molar-refractivity contribution is 0.0707. The van der Waals surface area contributed by atoms with Crippen molar-refractivity contribution < 1.29 is 9.32 Å². The smallest absolute Gasteiger partial charge is 0.258 e. The van der Waals surface area contributed by atoms with Gasteiger partial charge < -0.3 is 9.42 Å². The van der Waals surface area contributed by atoms with Crippen LogP contribution in [0.3, 0.4) is 0 Å². The maximum absolute atomic E-state index is 13.3. The normalized spacial score (nSPS) is 17.7. The van der Waals surface area contributed by atoms with Gasteiger partial charge in [-0.3, -0.25) is 14.8 Å². The Morgan fingerprint density at radius 1 is 1.19 bits per heavy atom. The van der Waals surface area contributed by atoms with E-state index in [1.807, 2.05) is 37.9 Å². The third-order valence-electron chi connectivity index (χ3n) is 4.88. The molecule has 1 amide bonds.